The fourth-order valence-corrected chi connectivity index (χ4v) is 1.54. The fourth-order valence-electron chi connectivity index (χ4n) is 1.54. The molecule has 0 N–H and O–H groups in total. The van der Waals surface area contributed by atoms with Crippen molar-refractivity contribution >= 4 is 0 Å². The fraction of sp³-hybridized carbons (Fsp3) is 0.133. The first-order chi connectivity index (χ1) is 8.95. The second kappa shape index (κ2) is 5.34. The first-order valence-electron chi connectivity index (χ1n) is 5.66. The molecule has 4 heteroatoms. The maximum Gasteiger partial charge on any atom is 0.416 e. The van der Waals surface area contributed by atoms with Crippen LogP contribution < -0.4 is 4.74 Å². The van der Waals surface area contributed by atoms with Crippen LogP contribution in [-0.4, -0.2) is 0 Å². The summed E-state index contributed by atoms with van der Waals surface area (Å²) in [6.45, 7) is 3.98. The van der Waals surface area contributed by atoms with E-state index < -0.39 is 11.7 Å². The molecule has 0 unspecified atom stereocenters. The Balaban J connectivity index is 1.98. The molecule has 1 radical (unpaired) electrons. The molecule has 0 heterocycles. The molecule has 0 amide bonds. The molecule has 0 aliphatic rings. The van der Waals surface area contributed by atoms with E-state index in [0.29, 0.717) is 11.3 Å². The summed E-state index contributed by atoms with van der Waals surface area (Å²) in [4.78, 5) is 0. The van der Waals surface area contributed by atoms with Gasteiger partial charge in [0.1, 0.15) is 12.4 Å². The summed E-state index contributed by atoms with van der Waals surface area (Å²) in [7, 11) is 0. The van der Waals surface area contributed by atoms with Gasteiger partial charge in [-0.1, -0.05) is 24.3 Å². The molecule has 19 heavy (non-hydrogen) atoms. The Hall–Kier alpha value is -1.97. The van der Waals surface area contributed by atoms with Crippen LogP contribution in [0, 0.1) is 6.92 Å². The van der Waals surface area contributed by atoms with E-state index in [2.05, 4.69) is 6.92 Å². The number of hydrogen-bond acceptors (Lipinski definition) is 1. The highest BCUT2D eigenvalue weighted by Gasteiger charge is 2.29. The maximum absolute atomic E-state index is 12.4. The number of halogens is 3. The van der Waals surface area contributed by atoms with Crippen molar-refractivity contribution in [2.24, 2.45) is 0 Å². The zero-order valence-electron chi connectivity index (χ0n) is 10.1. The molecule has 2 rings (SSSR count). The van der Waals surface area contributed by atoms with Crippen LogP contribution in [0.4, 0.5) is 13.2 Å². The molecule has 0 spiro atoms. The van der Waals surface area contributed by atoms with Gasteiger partial charge in [0.05, 0.1) is 5.56 Å². The largest absolute Gasteiger partial charge is 0.489 e. The number of hydrogen-bond donors (Lipinski definition) is 0. The third-order valence-electron chi connectivity index (χ3n) is 2.61. The van der Waals surface area contributed by atoms with E-state index in [9.17, 15) is 13.2 Å². The van der Waals surface area contributed by atoms with E-state index in [1.807, 2.05) is 12.1 Å². The Morgan fingerprint density at radius 2 is 1.47 bits per heavy atom. The quantitative estimate of drug-likeness (QED) is 0.795. The third kappa shape index (κ3) is 3.74. The number of alkyl halides is 3. The van der Waals surface area contributed by atoms with Crippen LogP contribution in [0.3, 0.4) is 0 Å². The highest BCUT2D eigenvalue weighted by Crippen LogP contribution is 2.29. The van der Waals surface area contributed by atoms with E-state index in [4.69, 9.17) is 4.74 Å². The van der Waals surface area contributed by atoms with Crippen molar-refractivity contribution in [1.82, 2.24) is 0 Å². The van der Waals surface area contributed by atoms with Gasteiger partial charge < -0.3 is 4.74 Å². The second-order valence-electron chi connectivity index (χ2n) is 4.13. The summed E-state index contributed by atoms with van der Waals surface area (Å²) in [6.07, 6.45) is -4.30. The highest BCUT2D eigenvalue weighted by atomic mass is 19.4. The number of rotatable bonds is 3. The van der Waals surface area contributed by atoms with E-state index in [-0.39, 0.29) is 6.61 Å². The van der Waals surface area contributed by atoms with Gasteiger partial charge in [0.15, 0.2) is 0 Å². The molecular formula is C15H12F3O. The van der Waals surface area contributed by atoms with Crippen molar-refractivity contribution < 1.29 is 17.9 Å². The van der Waals surface area contributed by atoms with Crippen LogP contribution in [-0.2, 0) is 12.8 Å². The summed E-state index contributed by atoms with van der Waals surface area (Å²) < 4.78 is 42.6. The van der Waals surface area contributed by atoms with Crippen LogP contribution >= 0.6 is 0 Å². The molecule has 0 bridgehead atoms. The summed E-state index contributed by atoms with van der Waals surface area (Å²) in [6, 6.07) is 12.1. The lowest BCUT2D eigenvalue weighted by molar-refractivity contribution is -0.137. The zero-order valence-corrected chi connectivity index (χ0v) is 10.1. The van der Waals surface area contributed by atoms with Crippen molar-refractivity contribution in [3.8, 4) is 5.75 Å². The van der Waals surface area contributed by atoms with E-state index in [0.717, 1.165) is 17.7 Å². The van der Waals surface area contributed by atoms with E-state index in [1.165, 1.54) is 12.1 Å². The van der Waals surface area contributed by atoms with Crippen LogP contribution in [0.15, 0.2) is 48.5 Å². The average Bonchev–Trinajstić information content (AvgIpc) is 2.37. The molecule has 0 aliphatic heterocycles. The Labute approximate surface area is 109 Å². The highest BCUT2D eigenvalue weighted by molar-refractivity contribution is 5.29. The molecular weight excluding hydrogens is 253 g/mol. The topological polar surface area (TPSA) is 9.23 Å². The standard InChI is InChI=1S/C15H12F3O/c1-11-2-8-14(9-3-11)19-10-12-4-6-13(7-5-12)15(16,17)18/h2-9H,1,10H2. The van der Waals surface area contributed by atoms with Gasteiger partial charge in [-0.3, -0.25) is 0 Å². The molecule has 0 saturated heterocycles. The van der Waals surface area contributed by atoms with Gasteiger partial charge >= 0.3 is 6.18 Å². The average molecular weight is 265 g/mol. The summed E-state index contributed by atoms with van der Waals surface area (Å²) in [5.74, 6) is 0.660. The minimum absolute atomic E-state index is 0.231. The first kappa shape index (κ1) is 13.5. The summed E-state index contributed by atoms with van der Waals surface area (Å²) in [5, 5.41) is 0. The monoisotopic (exact) mass is 265 g/mol. The number of benzene rings is 2. The van der Waals surface area contributed by atoms with Gasteiger partial charge in [-0.2, -0.15) is 13.2 Å². The molecule has 0 aliphatic carbocycles. The molecule has 0 saturated carbocycles. The summed E-state index contributed by atoms with van der Waals surface area (Å²) in [5.41, 5.74) is 0.909. The van der Waals surface area contributed by atoms with E-state index in [1.54, 1.807) is 12.1 Å². The van der Waals surface area contributed by atoms with Crippen molar-refractivity contribution in [1.29, 1.82) is 0 Å². The SMILES string of the molecule is [CH2]c1ccc(OCc2ccc(C(F)(F)F)cc2)cc1. The Bertz CT molecular complexity index is 527. The van der Waals surface area contributed by atoms with Crippen molar-refractivity contribution in [2.75, 3.05) is 0 Å². The van der Waals surface area contributed by atoms with Crippen LogP contribution in [0.1, 0.15) is 16.7 Å². The van der Waals surface area contributed by atoms with Gasteiger partial charge in [0.25, 0.3) is 0 Å². The lowest BCUT2D eigenvalue weighted by Crippen LogP contribution is -2.05. The van der Waals surface area contributed by atoms with Crippen molar-refractivity contribution in [3.05, 3.63) is 72.1 Å². The maximum atomic E-state index is 12.4. The lowest BCUT2D eigenvalue weighted by atomic mass is 10.1. The third-order valence-corrected chi connectivity index (χ3v) is 2.61. The van der Waals surface area contributed by atoms with Gasteiger partial charge in [0, 0.05) is 0 Å². The minimum Gasteiger partial charge on any atom is -0.489 e. The normalized spacial score (nSPS) is 11.4. The smallest absolute Gasteiger partial charge is 0.416 e. The lowest BCUT2D eigenvalue weighted by Gasteiger charge is -2.09. The zero-order chi connectivity index (χ0) is 13.9. The Morgan fingerprint density at radius 3 is 2.00 bits per heavy atom. The Kier molecular flexibility index (Phi) is 3.79. The van der Waals surface area contributed by atoms with Crippen molar-refractivity contribution in [3.63, 3.8) is 0 Å². The predicted molar refractivity (Wildman–Crippen MR) is 66.7 cm³/mol. The van der Waals surface area contributed by atoms with Gasteiger partial charge in [-0.25, -0.2) is 0 Å². The molecule has 99 valence electrons. The molecule has 2 aromatic carbocycles. The Morgan fingerprint density at radius 1 is 0.895 bits per heavy atom. The molecule has 0 fully saturated rings. The predicted octanol–water partition coefficient (Wildman–Crippen LogP) is 4.47. The molecule has 1 nitrogen and oxygen atoms in total. The summed E-state index contributed by atoms with van der Waals surface area (Å²) >= 11 is 0. The van der Waals surface area contributed by atoms with Gasteiger partial charge in [-0.05, 0) is 42.3 Å². The van der Waals surface area contributed by atoms with E-state index >= 15 is 0 Å². The van der Waals surface area contributed by atoms with Gasteiger partial charge in [-0.15, -0.1) is 0 Å². The number of ether oxygens (including phenoxy) is 1. The second-order valence-corrected chi connectivity index (χ2v) is 4.13. The molecule has 2 aromatic rings. The van der Waals surface area contributed by atoms with Crippen LogP contribution in [0.5, 0.6) is 5.75 Å². The minimum atomic E-state index is -4.30. The molecule has 0 aromatic heterocycles. The molecule has 0 atom stereocenters. The van der Waals surface area contributed by atoms with Crippen LogP contribution in [0.25, 0.3) is 0 Å². The first-order valence-corrected chi connectivity index (χ1v) is 5.66. The van der Waals surface area contributed by atoms with Crippen molar-refractivity contribution in [2.45, 2.75) is 12.8 Å². The van der Waals surface area contributed by atoms with Crippen LogP contribution in [0.2, 0.25) is 0 Å². The van der Waals surface area contributed by atoms with Gasteiger partial charge in [0.2, 0.25) is 0 Å².